The lowest BCUT2D eigenvalue weighted by molar-refractivity contribution is -0.139. The molecule has 0 saturated carbocycles. The summed E-state index contributed by atoms with van der Waals surface area (Å²) in [5.41, 5.74) is 5.31. The summed E-state index contributed by atoms with van der Waals surface area (Å²) in [4.78, 5) is 23.4. The van der Waals surface area contributed by atoms with Gasteiger partial charge < -0.3 is 9.47 Å². The average Bonchev–Trinajstić information content (AvgIpc) is 3.08. The molecule has 0 saturated heterocycles. The van der Waals surface area contributed by atoms with Crippen molar-refractivity contribution in [3.8, 4) is 16.9 Å². The molecule has 0 radical (unpaired) electrons. The Morgan fingerprint density at radius 1 is 1.00 bits per heavy atom. The van der Waals surface area contributed by atoms with Crippen LogP contribution in [-0.2, 0) is 20.7 Å². The smallest absolute Gasteiger partial charge is 0.338 e. The SMILES string of the molecule is C=C(C)C(=O)OCC1CCc2cc(-c3cccc(OC(=O)C(=C)C)c3)ccc21. The predicted octanol–water partition coefficient (Wildman–Crippen LogP) is 4.98. The first-order valence-electron chi connectivity index (χ1n) is 9.28. The minimum Gasteiger partial charge on any atom is -0.462 e. The minimum atomic E-state index is -0.432. The largest absolute Gasteiger partial charge is 0.462 e. The molecular weight excluding hydrogens is 352 g/mol. The van der Waals surface area contributed by atoms with Gasteiger partial charge in [-0.15, -0.1) is 0 Å². The van der Waals surface area contributed by atoms with E-state index in [2.05, 4.69) is 31.4 Å². The summed E-state index contributed by atoms with van der Waals surface area (Å²) in [6, 6.07) is 13.8. The van der Waals surface area contributed by atoms with E-state index in [9.17, 15) is 9.59 Å². The van der Waals surface area contributed by atoms with Crippen molar-refractivity contribution in [1.29, 1.82) is 0 Å². The summed E-state index contributed by atoms with van der Waals surface area (Å²) in [6.45, 7) is 10.9. The fraction of sp³-hybridized carbons (Fsp3) is 0.250. The average molecular weight is 376 g/mol. The molecule has 1 aliphatic rings. The van der Waals surface area contributed by atoms with Gasteiger partial charge >= 0.3 is 11.9 Å². The molecule has 2 aromatic rings. The zero-order valence-corrected chi connectivity index (χ0v) is 16.3. The molecule has 0 aromatic heterocycles. The van der Waals surface area contributed by atoms with Crippen LogP contribution in [0.2, 0.25) is 0 Å². The maximum atomic E-state index is 11.7. The summed E-state index contributed by atoms with van der Waals surface area (Å²) >= 11 is 0. The van der Waals surface area contributed by atoms with E-state index in [1.165, 1.54) is 11.1 Å². The maximum Gasteiger partial charge on any atom is 0.338 e. The van der Waals surface area contributed by atoms with Gasteiger partial charge in [0.05, 0.1) is 6.61 Å². The fourth-order valence-electron chi connectivity index (χ4n) is 3.29. The van der Waals surface area contributed by atoms with Gasteiger partial charge in [0.15, 0.2) is 0 Å². The van der Waals surface area contributed by atoms with Crippen molar-refractivity contribution >= 4 is 11.9 Å². The normalized spacial score (nSPS) is 14.9. The highest BCUT2D eigenvalue weighted by molar-refractivity contribution is 5.89. The Hall–Kier alpha value is -3.14. The number of aryl methyl sites for hydroxylation is 1. The van der Waals surface area contributed by atoms with Gasteiger partial charge in [-0.1, -0.05) is 43.5 Å². The van der Waals surface area contributed by atoms with E-state index in [1.54, 1.807) is 19.9 Å². The van der Waals surface area contributed by atoms with Gasteiger partial charge in [0.2, 0.25) is 0 Å². The maximum absolute atomic E-state index is 11.7. The second-order valence-electron chi connectivity index (χ2n) is 7.23. The van der Waals surface area contributed by atoms with Gasteiger partial charge in [-0.3, -0.25) is 0 Å². The van der Waals surface area contributed by atoms with Crippen LogP contribution in [0.25, 0.3) is 11.1 Å². The summed E-state index contributed by atoms with van der Waals surface area (Å²) in [6.07, 6.45) is 1.90. The molecule has 2 aromatic carbocycles. The van der Waals surface area contributed by atoms with E-state index in [0.29, 0.717) is 23.5 Å². The molecule has 4 heteroatoms. The first kappa shape index (κ1) is 19.6. The Bertz CT molecular complexity index is 955. The topological polar surface area (TPSA) is 52.6 Å². The van der Waals surface area contributed by atoms with E-state index in [4.69, 9.17) is 9.47 Å². The number of benzene rings is 2. The fourth-order valence-corrected chi connectivity index (χ4v) is 3.29. The van der Waals surface area contributed by atoms with Crippen LogP contribution in [0.15, 0.2) is 66.8 Å². The van der Waals surface area contributed by atoms with E-state index in [-0.39, 0.29) is 11.9 Å². The summed E-state index contributed by atoms with van der Waals surface area (Å²) in [5, 5.41) is 0. The highest BCUT2D eigenvalue weighted by atomic mass is 16.5. The Morgan fingerprint density at radius 2 is 1.71 bits per heavy atom. The monoisotopic (exact) mass is 376 g/mol. The standard InChI is InChI=1S/C24H24O4/c1-15(2)23(25)27-14-20-9-8-19-12-18(10-11-22(19)20)17-6-5-7-21(13-17)28-24(26)16(3)4/h5-7,10-13,20H,1,3,8-9,14H2,2,4H3. The van der Waals surface area contributed by atoms with Gasteiger partial charge in [0.1, 0.15) is 5.75 Å². The Balaban J connectivity index is 1.76. The first-order chi connectivity index (χ1) is 13.3. The molecule has 0 fully saturated rings. The number of rotatable bonds is 6. The number of carbonyl (C=O) groups excluding carboxylic acids is 2. The Labute approximate surface area is 165 Å². The summed E-state index contributed by atoms with van der Waals surface area (Å²) in [7, 11) is 0. The highest BCUT2D eigenvalue weighted by Gasteiger charge is 2.24. The van der Waals surface area contributed by atoms with Crippen molar-refractivity contribution < 1.29 is 19.1 Å². The van der Waals surface area contributed by atoms with Crippen molar-refractivity contribution in [3.05, 3.63) is 77.9 Å². The van der Waals surface area contributed by atoms with Gasteiger partial charge in [0, 0.05) is 17.1 Å². The molecule has 1 unspecified atom stereocenters. The third-order valence-corrected chi connectivity index (χ3v) is 4.84. The number of fused-ring (bicyclic) bond motifs is 1. The zero-order valence-electron chi connectivity index (χ0n) is 16.3. The van der Waals surface area contributed by atoms with Gasteiger partial charge in [-0.25, -0.2) is 9.59 Å². The molecule has 0 aliphatic heterocycles. The number of ether oxygens (including phenoxy) is 2. The molecule has 28 heavy (non-hydrogen) atoms. The molecule has 0 bridgehead atoms. The third-order valence-electron chi connectivity index (χ3n) is 4.84. The molecule has 0 amide bonds. The van der Waals surface area contributed by atoms with Crippen molar-refractivity contribution in [3.63, 3.8) is 0 Å². The lowest BCUT2D eigenvalue weighted by atomic mass is 9.97. The second-order valence-corrected chi connectivity index (χ2v) is 7.23. The van der Waals surface area contributed by atoms with Crippen molar-refractivity contribution in [2.24, 2.45) is 0 Å². The zero-order chi connectivity index (χ0) is 20.3. The summed E-state index contributed by atoms with van der Waals surface area (Å²) in [5.74, 6) is -0.0600. The van der Waals surface area contributed by atoms with E-state index in [0.717, 1.165) is 24.0 Å². The lowest BCUT2D eigenvalue weighted by Crippen LogP contribution is -2.11. The number of hydrogen-bond acceptors (Lipinski definition) is 4. The van der Waals surface area contributed by atoms with Crippen LogP contribution in [0.5, 0.6) is 5.75 Å². The molecular formula is C24H24O4. The van der Waals surface area contributed by atoms with Crippen molar-refractivity contribution in [2.75, 3.05) is 6.61 Å². The molecule has 144 valence electrons. The van der Waals surface area contributed by atoms with Crippen LogP contribution >= 0.6 is 0 Å². The molecule has 0 spiro atoms. The van der Waals surface area contributed by atoms with E-state index >= 15 is 0 Å². The van der Waals surface area contributed by atoms with E-state index in [1.807, 2.05) is 18.2 Å². The van der Waals surface area contributed by atoms with Crippen molar-refractivity contribution in [2.45, 2.75) is 32.6 Å². The molecule has 1 aliphatic carbocycles. The lowest BCUT2D eigenvalue weighted by Gasteiger charge is -2.13. The van der Waals surface area contributed by atoms with Crippen LogP contribution in [0, 0.1) is 0 Å². The molecule has 0 N–H and O–H groups in total. The minimum absolute atomic E-state index is 0.218. The summed E-state index contributed by atoms with van der Waals surface area (Å²) < 4.78 is 10.7. The predicted molar refractivity (Wildman–Crippen MR) is 109 cm³/mol. The number of esters is 2. The van der Waals surface area contributed by atoms with Crippen molar-refractivity contribution in [1.82, 2.24) is 0 Å². The van der Waals surface area contributed by atoms with Gasteiger partial charge in [-0.2, -0.15) is 0 Å². The molecule has 3 rings (SSSR count). The second kappa shape index (κ2) is 8.26. The Kier molecular flexibility index (Phi) is 5.78. The van der Waals surface area contributed by atoms with Gasteiger partial charge in [-0.05, 0) is 61.1 Å². The molecule has 4 nitrogen and oxygen atoms in total. The molecule has 1 atom stereocenters. The van der Waals surface area contributed by atoms with Gasteiger partial charge in [0.25, 0.3) is 0 Å². The van der Waals surface area contributed by atoms with Crippen LogP contribution < -0.4 is 4.74 Å². The van der Waals surface area contributed by atoms with Crippen LogP contribution in [0.1, 0.15) is 37.3 Å². The quantitative estimate of drug-likeness (QED) is 0.405. The Morgan fingerprint density at radius 3 is 2.43 bits per heavy atom. The van der Waals surface area contributed by atoms with Crippen LogP contribution in [0.3, 0.4) is 0 Å². The third kappa shape index (κ3) is 4.39. The number of hydrogen-bond donors (Lipinski definition) is 0. The molecule has 0 heterocycles. The van der Waals surface area contributed by atoms with E-state index < -0.39 is 5.97 Å². The van der Waals surface area contributed by atoms with Crippen LogP contribution in [0.4, 0.5) is 0 Å². The number of carbonyl (C=O) groups is 2. The van der Waals surface area contributed by atoms with Crippen LogP contribution in [-0.4, -0.2) is 18.5 Å². The highest BCUT2D eigenvalue weighted by Crippen LogP contribution is 2.36. The first-order valence-corrected chi connectivity index (χ1v) is 9.28.